The van der Waals surface area contributed by atoms with Gasteiger partial charge in [-0.15, -0.1) is 0 Å². The van der Waals surface area contributed by atoms with Crippen LogP contribution in [0, 0.1) is 0 Å². The lowest BCUT2D eigenvalue weighted by molar-refractivity contribution is -0.131. The van der Waals surface area contributed by atoms with E-state index in [-0.39, 0.29) is 11.3 Å². The zero-order chi connectivity index (χ0) is 18.2. The van der Waals surface area contributed by atoms with Gasteiger partial charge in [0.05, 0.1) is 17.7 Å². The van der Waals surface area contributed by atoms with Crippen LogP contribution in [0.15, 0.2) is 48.5 Å². The van der Waals surface area contributed by atoms with Gasteiger partial charge in [0.25, 0.3) is 5.91 Å². The van der Waals surface area contributed by atoms with Crippen LogP contribution < -0.4 is 10.1 Å². The predicted octanol–water partition coefficient (Wildman–Crippen LogP) is 3.43. The van der Waals surface area contributed by atoms with E-state index >= 15 is 0 Å². The van der Waals surface area contributed by atoms with Crippen LogP contribution in [-0.4, -0.2) is 24.5 Å². The van der Waals surface area contributed by atoms with Crippen molar-refractivity contribution in [1.82, 2.24) is 0 Å². The molecule has 0 heterocycles. The normalized spacial score (nSPS) is 10.0. The Labute approximate surface area is 145 Å². The molecule has 130 valence electrons. The van der Waals surface area contributed by atoms with Gasteiger partial charge in [-0.3, -0.25) is 9.59 Å². The Kier molecular flexibility index (Phi) is 6.28. The molecule has 6 nitrogen and oxygen atoms in total. The van der Waals surface area contributed by atoms with Gasteiger partial charge < -0.3 is 14.8 Å². The third-order valence-electron chi connectivity index (χ3n) is 3.20. The van der Waals surface area contributed by atoms with E-state index < -0.39 is 17.8 Å². The number of amides is 1. The lowest BCUT2D eigenvalue weighted by Gasteiger charge is -2.10. The zero-order valence-electron chi connectivity index (χ0n) is 14.1. The first-order valence-corrected chi connectivity index (χ1v) is 7.87. The summed E-state index contributed by atoms with van der Waals surface area (Å²) < 4.78 is 10.1. The minimum atomic E-state index is -0.504. The summed E-state index contributed by atoms with van der Waals surface area (Å²) in [6.07, 6.45) is 0.752. The van der Waals surface area contributed by atoms with Gasteiger partial charge >= 0.3 is 11.9 Å². The summed E-state index contributed by atoms with van der Waals surface area (Å²) >= 11 is 0. The molecule has 0 saturated heterocycles. The van der Waals surface area contributed by atoms with Gasteiger partial charge in [-0.25, -0.2) is 4.79 Å². The molecule has 0 unspecified atom stereocenters. The molecule has 1 amide bonds. The summed E-state index contributed by atoms with van der Waals surface area (Å²) in [6, 6.07) is 12.8. The predicted molar refractivity (Wildman–Crippen MR) is 92.7 cm³/mol. The van der Waals surface area contributed by atoms with E-state index in [1.165, 1.54) is 6.92 Å². The van der Waals surface area contributed by atoms with Crippen molar-refractivity contribution in [1.29, 1.82) is 0 Å². The van der Waals surface area contributed by atoms with Crippen LogP contribution >= 0.6 is 0 Å². The Morgan fingerprint density at radius 3 is 2.32 bits per heavy atom. The number of carbonyl (C=O) groups excluding carboxylic acids is 3. The molecule has 25 heavy (non-hydrogen) atoms. The zero-order valence-corrected chi connectivity index (χ0v) is 14.1. The third kappa shape index (κ3) is 5.17. The molecule has 2 rings (SSSR count). The van der Waals surface area contributed by atoms with Crippen LogP contribution in [0.4, 0.5) is 5.69 Å². The maximum atomic E-state index is 12.4. The maximum absolute atomic E-state index is 12.4. The van der Waals surface area contributed by atoms with Crippen molar-refractivity contribution in [2.45, 2.75) is 20.3 Å². The minimum absolute atomic E-state index is 0.187. The fraction of sp³-hybridized carbons (Fsp3) is 0.211. The number of nitrogens with one attached hydrogen (secondary N) is 1. The summed E-state index contributed by atoms with van der Waals surface area (Å²) in [5.41, 5.74) is 1.16. The molecule has 0 spiro atoms. The van der Waals surface area contributed by atoms with Crippen molar-refractivity contribution in [2.24, 2.45) is 0 Å². The lowest BCUT2D eigenvalue weighted by Crippen LogP contribution is -2.15. The molecule has 0 saturated carbocycles. The highest BCUT2D eigenvalue weighted by atomic mass is 16.5. The number of hydrogen-bond donors (Lipinski definition) is 1. The first-order valence-electron chi connectivity index (χ1n) is 7.87. The average molecular weight is 341 g/mol. The van der Waals surface area contributed by atoms with E-state index in [0.717, 1.165) is 6.42 Å². The van der Waals surface area contributed by atoms with Crippen molar-refractivity contribution < 1.29 is 23.9 Å². The van der Waals surface area contributed by atoms with E-state index in [2.05, 4.69) is 5.32 Å². The second-order valence-corrected chi connectivity index (χ2v) is 5.26. The highest BCUT2D eigenvalue weighted by Gasteiger charge is 2.14. The molecule has 6 heteroatoms. The summed E-state index contributed by atoms with van der Waals surface area (Å²) in [7, 11) is 0. The Morgan fingerprint density at radius 1 is 1.00 bits per heavy atom. The maximum Gasteiger partial charge on any atom is 0.338 e. The van der Waals surface area contributed by atoms with Gasteiger partial charge in [0.2, 0.25) is 0 Å². The molecule has 0 atom stereocenters. The third-order valence-corrected chi connectivity index (χ3v) is 3.20. The second-order valence-electron chi connectivity index (χ2n) is 5.26. The van der Waals surface area contributed by atoms with Crippen LogP contribution in [0.1, 0.15) is 41.0 Å². The van der Waals surface area contributed by atoms with E-state index in [9.17, 15) is 14.4 Å². The van der Waals surface area contributed by atoms with Crippen LogP contribution in [0.25, 0.3) is 0 Å². The van der Waals surface area contributed by atoms with Crippen molar-refractivity contribution in [3.05, 3.63) is 59.7 Å². The van der Waals surface area contributed by atoms with Gasteiger partial charge in [0.1, 0.15) is 5.75 Å². The molecule has 0 aliphatic rings. The standard InChI is InChI=1S/C19H19NO5/c1-3-12-24-19(23)14-8-10-15(11-9-14)20-18(22)16-6-4-5-7-17(16)25-13(2)21/h4-11H,3,12H2,1-2H3,(H,20,22). The van der Waals surface area contributed by atoms with Crippen LogP contribution in [0.3, 0.4) is 0 Å². The Hall–Kier alpha value is -3.15. The number of carbonyl (C=O) groups is 3. The number of para-hydroxylation sites is 1. The quantitative estimate of drug-likeness (QED) is 0.643. The number of hydrogen-bond acceptors (Lipinski definition) is 5. The number of benzene rings is 2. The van der Waals surface area contributed by atoms with Crippen molar-refractivity contribution in [3.63, 3.8) is 0 Å². The molecule has 0 radical (unpaired) electrons. The van der Waals surface area contributed by atoms with Gasteiger partial charge in [0, 0.05) is 12.6 Å². The average Bonchev–Trinajstić information content (AvgIpc) is 2.60. The largest absolute Gasteiger partial charge is 0.462 e. The van der Waals surface area contributed by atoms with E-state index in [1.54, 1.807) is 48.5 Å². The highest BCUT2D eigenvalue weighted by molar-refractivity contribution is 6.06. The SMILES string of the molecule is CCCOC(=O)c1ccc(NC(=O)c2ccccc2OC(C)=O)cc1. The molecular weight excluding hydrogens is 322 g/mol. The second kappa shape index (κ2) is 8.63. The molecule has 0 aromatic heterocycles. The number of anilines is 1. The summed E-state index contributed by atoms with van der Waals surface area (Å²) in [4.78, 5) is 35.3. The Bertz CT molecular complexity index is 768. The molecular formula is C19H19NO5. The van der Waals surface area contributed by atoms with Crippen LogP contribution in [0.2, 0.25) is 0 Å². The van der Waals surface area contributed by atoms with Gasteiger partial charge in [0.15, 0.2) is 0 Å². The summed E-state index contributed by atoms with van der Waals surface area (Å²) in [6.45, 7) is 3.55. The fourth-order valence-electron chi connectivity index (χ4n) is 2.06. The monoisotopic (exact) mass is 341 g/mol. The number of ether oxygens (including phenoxy) is 2. The number of rotatable bonds is 6. The number of esters is 2. The van der Waals surface area contributed by atoms with Gasteiger partial charge in [-0.2, -0.15) is 0 Å². The van der Waals surface area contributed by atoms with E-state index in [4.69, 9.17) is 9.47 Å². The van der Waals surface area contributed by atoms with Crippen molar-refractivity contribution in [3.8, 4) is 5.75 Å². The van der Waals surface area contributed by atoms with Gasteiger partial charge in [-0.05, 0) is 42.8 Å². The lowest BCUT2D eigenvalue weighted by atomic mass is 10.1. The van der Waals surface area contributed by atoms with Crippen molar-refractivity contribution in [2.75, 3.05) is 11.9 Å². The molecule has 2 aromatic rings. The van der Waals surface area contributed by atoms with Gasteiger partial charge in [-0.1, -0.05) is 19.1 Å². The Balaban J connectivity index is 2.08. The first-order chi connectivity index (χ1) is 12.0. The molecule has 2 aromatic carbocycles. The summed E-state index contributed by atoms with van der Waals surface area (Å²) in [5.74, 6) is -1.14. The van der Waals surface area contributed by atoms with E-state index in [1.807, 2.05) is 6.92 Å². The molecule has 0 fully saturated rings. The Morgan fingerprint density at radius 2 is 1.68 bits per heavy atom. The topological polar surface area (TPSA) is 81.7 Å². The molecule has 1 N–H and O–H groups in total. The highest BCUT2D eigenvalue weighted by Crippen LogP contribution is 2.20. The van der Waals surface area contributed by atoms with E-state index in [0.29, 0.717) is 17.9 Å². The van der Waals surface area contributed by atoms with Crippen LogP contribution in [-0.2, 0) is 9.53 Å². The van der Waals surface area contributed by atoms with Crippen molar-refractivity contribution >= 4 is 23.5 Å². The molecule has 0 aliphatic heterocycles. The smallest absolute Gasteiger partial charge is 0.338 e. The first kappa shape index (κ1) is 18.2. The van der Waals surface area contributed by atoms with Crippen LogP contribution in [0.5, 0.6) is 5.75 Å². The molecule has 0 bridgehead atoms. The molecule has 0 aliphatic carbocycles. The fourth-order valence-corrected chi connectivity index (χ4v) is 2.06. The minimum Gasteiger partial charge on any atom is -0.462 e. The summed E-state index contributed by atoms with van der Waals surface area (Å²) in [5, 5.41) is 2.70.